The highest BCUT2D eigenvalue weighted by atomic mass is 35.5. The van der Waals surface area contributed by atoms with E-state index in [2.05, 4.69) is 0 Å². The average molecular weight is 378 g/mol. The van der Waals surface area contributed by atoms with Crippen LogP contribution in [0, 0.1) is 11.2 Å². The molecule has 138 valence electrons. The first-order chi connectivity index (χ1) is 12.4. The Labute approximate surface area is 156 Å². The smallest absolute Gasteiger partial charge is 0.312 e. The molecule has 0 aliphatic carbocycles. The molecule has 26 heavy (non-hydrogen) atoms. The third kappa shape index (κ3) is 4.06. The molecule has 2 aromatic carbocycles. The van der Waals surface area contributed by atoms with Gasteiger partial charge in [-0.2, -0.15) is 0 Å². The van der Waals surface area contributed by atoms with E-state index in [4.69, 9.17) is 22.1 Å². The van der Waals surface area contributed by atoms with Gasteiger partial charge in [-0.25, -0.2) is 4.39 Å². The second-order valence-electron chi connectivity index (χ2n) is 6.88. The van der Waals surface area contributed by atoms with Crippen LogP contribution in [0.2, 0.25) is 5.02 Å². The minimum absolute atomic E-state index is 0.211. The first-order valence-corrected chi connectivity index (χ1v) is 8.88. The molecular formula is C20H21ClFNO3. The summed E-state index contributed by atoms with van der Waals surface area (Å²) in [6.45, 7) is 0.669. The van der Waals surface area contributed by atoms with Crippen molar-refractivity contribution in [2.75, 3.05) is 13.2 Å². The number of carboxylic acid groups (broad SMARTS) is 1. The van der Waals surface area contributed by atoms with Crippen molar-refractivity contribution < 1.29 is 19.0 Å². The fraction of sp³-hybridized carbons (Fsp3) is 0.350. The number of benzene rings is 2. The molecule has 0 aromatic heterocycles. The highest BCUT2D eigenvalue weighted by Gasteiger charge is 2.43. The molecule has 0 radical (unpaired) electrons. The highest BCUT2D eigenvalue weighted by Crippen LogP contribution is 2.34. The zero-order valence-corrected chi connectivity index (χ0v) is 15.0. The van der Waals surface area contributed by atoms with Crippen LogP contribution in [0.1, 0.15) is 18.4 Å². The van der Waals surface area contributed by atoms with Crippen molar-refractivity contribution in [2.24, 2.45) is 11.1 Å². The molecule has 1 aliphatic heterocycles. The van der Waals surface area contributed by atoms with Crippen molar-refractivity contribution in [2.45, 2.75) is 25.3 Å². The fourth-order valence-corrected chi connectivity index (χ4v) is 3.61. The molecular weight excluding hydrogens is 357 g/mol. The van der Waals surface area contributed by atoms with Crippen LogP contribution in [-0.2, 0) is 16.0 Å². The lowest BCUT2D eigenvalue weighted by Gasteiger charge is -2.25. The van der Waals surface area contributed by atoms with Crippen molar-refractivity contribution in [3.8, 4) is 11.1 Å². The van der Waals surface area contributed by atoms with E-state index in [1.807, 2.05) is 24.3 Å². The average Bonchev–Trinajstić information content (AvgIpc) is 3.07. The van der Waals surface area contributed by atoms with Crippen LogP contribution in [0.25, 0.3) is 11.1 Å². The van der Waals surface area contributed by atoms with Gasteiger partial charge in [0.15, 0.2) is 0 Å². The minimum atomic E-state index is -0.886. The number of nitrogens with two attached hydrogens (primary N) is 1. The fourth-order valence-electron chi connectivity index (χ4n) is 3.44. The number of carboxylic acids is 1. The van der Waals surface area contributed by atoms with Gasteiger partial charge < -0.3 is 15.6 Å². The van der Waals surface area contributed by atoms with Crippen LogP contribution in [-0.4, -0.2) is 30.3 Å². The van der Waals surface area contributed by atoms with E-state index < -0.39 is 11.4 Å². The van der Waals surface area contributed by atoms with Crippen molar-refractivity contribution >= 4 is 17.6 Å². The first kappa shape index (κ1) is 18.8. The number of halogens is 2. The van der Waals surface area contributed by atoms with Gasteiger partial charge in [0.2, 0.25) is 0 Å². The lowest BCUT2D eigenvalue weighted by atomic mass is 9.80. The summed E-state index contributed by atoms with van der Waals surface area (Å²) < 4.78 is 19.2. The summed E-state index contributed by atoms with van der Waals surface area (Å²) in [5.74, 6) is -1.18. The molecule has 0 amide bonds. The van der Waals surface area contributed by atoms with Gasteiger partial charge in [-0.05, 0) is 48.6 Å². The van der Waals surface area contributed by atoms with Crippen LogP contribution in [0.5, 0.6) is 0 Å². The Kier molecular flexibility index (Phi) is 5.61. The Morgan fingerprint density at radius 2 is 2.04 bits per heavy atom. The Hall–Kier alpha value is -1.95. The van der Waals surface area contributed by atoms with Crippen LogP contribution in [0.15, 0.2) is 42.5 Å². The van der Waals surface area contributed by atoms with Gasteiger partial charge in [0, 0.05) is 23.2 Å². The van der Waals surface area contributed by atoms with E-state index >= 15 is 0 Å². The summed E-state index contributed by atoms with van der Waals surface area (Å²) in [4.78, 5) is 11.6. The maximum absolute atomic E-state index is 14.0. The molecule has 2 atom stereocenters. The molecule has 6 heteroatoms. The SMILES string of the molecule is NC(Cc1ccc(-c2cc(Cl)ccc2F)cc1)CC1(C(=O)O)CCOC1. The quantitative estimate of drug-likeness (QED) is 0.800. The predicted molar refractivity (Wildman–Crippen MR) is 98.6 cm³/mol. The first-order valence-electron chi connectivity index (χ1n) is 8.51. The predicted octanol–water partition coefficient (Wildman–Crippen LogP) is 3.90. The normalized spacial score (nSPS) is 20.9. The van der Waals surface area contributed by atoms with Gasteiger partial charge in [0.25, 0.3) is 0 Å². The maximum Gasteiger partial charge on any atom is 0.312 e. The van der Waals surface area contributed by atoms with Gasteiger partial charge >= 0.3 is 5.97 Å². The van der Waals surface area contributed by atoms with E-state index in [0.29, 0.717) is 36.5 Å². The van der Waals surface area contributed by atoms with Gasteiger partial charge in [0.1, 0.15) is 5.82 Å². The number of hydrogen-bond donors (Lipinski definition) is 2. The summed E-state index contributed by atoms with van der Waals surface area (Å²) in [5, 5.41) is 9.98. The topological polar surface area (TPSA) is 72.6 Å². The van der Waals surface area contributed by atoms with Crippen LogP contribution >= 0.6 is 11.6 Å². The molecule has 2 unspecified atom stereocenters. The Bertz CT molecular complexity index is 788. The van der Waals surface area contributed by atoms with Crippen LogP contribution in [0.4, 0.5) is 4.39 Å². The van der Waals surface area contributed by atoms with E-state index in [1.54, 1.807) is 6.07 Å². The van der Waals surface area contributed by atoms with Crippen molar-refractivity contribution in [3.05, 3.63) is 58.9 Å². The molecule has 3 rings (SSSR count). The number of carbonyl (C=O) groups is 1. The Balaban J connectivity index is 1.69. The largest absolute Gasteiger partial charge is 0.481 e. The molecule has 1 aliphatic rings. The Morgan fingerprint density at radius 1 is 1.31 bits per heavy atom. The molecule has 0 bridgehead atoms. The second-order valence-corrected chi connectivity index (χ2v) is 7.31. The highest BCUT2D eigenvalue weighted by molar-refractivity contribution is 6.30. The zero-order chi connectivity index (χ0) is 18.7. The molecule has 2 aromatic rings. The molecule has 0 spiro atoms. The van der Waals surface area contributed by atoms with Crippen molar-refractivity contribution in [3.63, 3.8) is 0 Å². The summed E-state index contributed by atoms with van der Waals surface area (Å²) in [6, 6.07) is 11.6. The van der Waals surface area contributed by atoms with E-state index in [0.717, 1.165) is 11.1 Å². The van der Waals surface area contributed by atoms with Gasteiger partial charge in [-0.3, -0.25) is 4.79 Å². The lowest BCUT2D eigenvalue weighted by molar-refractivity contribution is -0.149. The van der Waals surface area contributed by atoms with Crippen LogP contribution in [0.3, 0.4) is 0 Å². The van der Waals surface area contributed by atoms with Gasteiger partial charge in [-0.15, -0.1) is 0 Å². The van der Waals surface area contributed by atoms with Gasteiger partial charge in [0.05, 0.1) is 12.0 Å². The number of aliphatic carboxylic acids is 1. The maximum atomic E-state index is 14.0. The Morgan fingerprint density at radius 3 is 2.65 bits per heavy atom. The summed E-state index contributed by atoms with van der Waals surface area (Å²) in [5.41, 5.74) is 7.47. The third-order valence-corrected chi connectivity index (χ3v) is 5.14. The molecule has 1 fully saturated rings. The number of rotatable bonds is 6. The van der Waals surface area contributed by atoms with E-state index in [-0.39, 0.29) is 18.5 Å². The lowest BCUT2D eigenvalue weighted by Crippen LogP contribution is -2.39. The molecule has 1 saturated heterocycles. The summed E-state index contributed by atoms with van der Waals surface area (Å²) in [7, 11) is 0. The molecule has 1 heterocycles. The monoisotopic (exact) mass is 377 g/mol. The second kappa shape index (κ2) is 7.74. The van der Waals surface area contributed by atoms with E-state index in [1.165, 1.54) is 12.1 Å². The summed E-state index contributed by atoms with van der Waals surface area (Å²) in [6.07, 6.45) is 1.41. The summed E-state index contributed by atoms with van der Waals surface area (Å²) >= 11 is 5.95. The number of hydrogen-bond acceptors (Lipinski definition) is 3. The van der Waals surface area contributed by atoms with E-state index in [9.17, 15) is 14.3 Å². The van der Waals surface area contributed by atoms with Gasteiger partial charge in [-0.1, -0.05) is 35.9 Å². The van der Waals surface area contributed by atoms with Crippen molar-refractivity contribution in [1.82, 2.24) is 0 Å². The minimum Gasteiger partial charge on any atom is -0.481 e. The van der Waals surface area contributed by atoms with Crippen molar-refractivity contribution in [1.29, 1.82) is 0 Å². The molecule has 0 saturated carbocycles. The van der Waals surface area contributed by atoms with Crippen LogP contribution < -0.4 is 5.73 Å². The standard InChI is InChI=1S/C20H21ClFNO3/c21-15-5-6-18(22)17(10-15)14-3-1-13(2-4-14)9-16(23)11-20(19(24)25)7-8-26-12-20/h1-6,10,16H,7-9,11-12,23H2,(H,24,25). The zero-order valence-electron chi connectivity index (χ0n) is 14.3. The third-order valence-electron chi connectivity index (χ3n) is 4.90. The molecule has 3 N–H and O–H groups in total. The molecule has 4 nitrogen and oxygen atoms in total. The number of ether oxygens (including phenoxy) is 1.